The van der Waals surface area contributed by atoms with Crippen LogP contribution < -0.4 is 5.73 Å². The Kier molecular flexibility index (Phi) is 5.19. The summed E-state index contributed by atoms with van der Waals surface area (Å²) >= 11 is 0. The summed E-state index contributed by atoms with van der Waals surface area (Å²) < 4.78 is 6.95. The largest absolute Gasteiger partial charge is 0.461 e. The number of ether oxygens (including phenoxy) is 1. The first-order valence-corrected chi connectivity index (χ1v) is 6.64. The standard InChI is InChI=1S/C13H23N3O2/c1-5-9(6-2)16-10(7-3)15-11(12(16)14)13(17)18-8-4/h9H,5-8,14H2,1-4H3. The molecule has 0 aliphatic carbocycles. The van der Waals surface area contributed by atoms with Crippen molar-refractivity contribution >= 4 is 11.8 Å². The fourth-order valence-corrected chi connectivity index (χ4v) is 2.15. The van der Waals surface area contributed by atoms with Crippen LogP contribution in [-0.4, -0.2) is 22.1 Å². The van der Waals surface area contributed by atoms with Crippen molar-refractivity contribution in [1.29, 1.82) is 0 Å². The van der Waals surface area contributed by atoms with Crippen molar-refractivity contribution in [2.24, 2.45) is 0 Å². The van der Waals surface area contributed by atoms with E-state index in [1.165, 1.54) is 0 Å². The molecular formula is C13H23N3O2. The molecule has 2 N–H and O–H groups in total. The summed E-state index contributed by atoms with van der Waals surface area (Å²) in [4.78, 5) is 16.1. The molecule has 1 aromatic heterocycles. The molecule has 18 heavy (non-hydrogen) atoms. The number of esters is 1. The maximum atomic E-state index is 11.8. The van der Waals surface area contributed by atoms with E-state index in [-0.39, 0.29) is 11.7 Å². The lowest BCUT2D eigenvalue weighted by molar-refractivity contribution is 0.0521. The number of nitrogens with two attached hydrogens (primary N) is 1. The zero-order chi connectivity index (χ0) is 13.7. The monoisotopic (exact) mass is 253 g/mol. The van der Waals surface area contributed by atoms with Gasteiger partial charge in [0.15, 0.2) is 5.69 Å². The summed E-state index contributed by atoms with van der Waals surface area (Å²) in [5.74, 6) is 0.845. The molecule has 0 saturated heterocycles. The fourth-order valence-electron chi connectivity index (χ4n) is 2.15. The van der Waals surface area contributed by atoms with Crippen LogP contribution in [0.5, 0.6) is 0 Å². The van der Waals surface area contributed by atoms with Crippen LogP contribution in [0.25, 0.3) is 0 Å². The molecule has 1 rings (SSSR count). The third kappa shape index (κ3) is 2.66. The van der Waals surface area contributed by atoms with E-state index in [9.17, 15) is 4.79 Å². The summed E-state index contributed by atoms with van der Waals surface area (Å²) in [6.45, 7) is 8.33. The molecule has 0 aromatic carbocycles. The highest BCUT2D eigenvalue weighted by Crippen LogP contribution is 2.26. The van der Waals surface area contributed by atoms with Crippen molar-refractivity contribution in [3.05, 3.63) is 11.5 Å². The number of hydrogen-bond donors (Lipinski definition) is 1. The second-order valence-electron chi connectivity index (χ2n) is 4.18. The van der Waals surface area contributed by atoms with Crippen LogP contribution in [0.4, 0.5) is 5.82 Å². The van der Waals surface area contributed by atoms with Crippen LogP contribution in [0.2, 0.25) is 0 Å². The molecule has 0 aliphatic rings. The molecule has 0 unspecified atom stereocenters. The molecule has 1 aromatic rings. The Hall–Kier alpha value is -1.52. The molecule has 5 nitrogen and oxygen atoms in total. The van der Waals surface area contributed by atoms with Crippen molar-refractivity contribution in [3.8, 4) is 0 Å². The number of carbonyl (C=O) groups is 1. The van der Waals surface area contributed by atoms with Crippen molar-refractivity contribution in [3.63, 3.8) is 0 Å². The van der Waals surface area contributed by atoms with E-state index in [1.54, 1.807) is 6.92 Å². The Bertz CT molecular complexity index is 409. The minimum absolute atomic E-state index is 0.251. The molecule has 0 radical (unpaired) electrons. The smallest absolute Gasteiger partial charge is 0.360 e. The minimum Gasteiger partial charge on any atom is -0.461 e. The van der Waals surface area contributed by atoms with Crippen LogP contribution in [0.3, 0.4) is 0 Å². The van der Waals surface area contributed by atoms with Gasteiger partial charge in [-0.05, 0) is 19.8 Å². The molecule has 0 amide bonds. The van der Waals surface area contributed by atoms with Crippen molar-refractivity contribution in [2.45, 2.75) is 53.0 Å². The highest BCUT2D eigenvalue weighted by atomic mass is 16.5. The topological polar surface area (TPSA) is 70.1 Å². The van der Waals surface area contributed by atoms with Gasteiger partial charge in [0.05, 0.1) is 6.61 Å². The fraction of sp³-hybridized carbons (Fsp3) is 0.692. The van der Waals surface area contributed by atoms with Crippen LogP contribution in [0, 0.1) is 0 Å². The van der Waals surface area contributed by atoms with Crippen LogP contribution in [0.1, 0.15) is 62.9 Å². The number of imidazole rings is 1. The Morgan fingerprint density at radius 2 is 1.94 bits per heavy atom. The van der Waals surface area contributed by atoms with Gasteiger partial charge in [-0.15, -0.1) is 0 Å². The van der Waals surface area contributed by atoms with Crippen LogP contribution in [-0.2, 0) is 11.2 Å². The van der Waals surface area contributed by atoms with Gasteiger partial charge in [0, 0.05) is 12.5 Å². The summed E-state index contributed by atoms with van der Waals surface area (Å²) in [5.41, 5.74) is 6.31. The average Bonchev–Trinajstić information content (AvgIpc) is 2.69. The molecule has 102 valence electrons. The summed E-state index contributed by atoms with van der Waals surface area (Å²) in [5, 5.41) is 0. The second kappa shape index (κ2) is 6.42. The molecule has 0 saturated carbocycles. The second-order valence-corrected chi connectivity index (χ2v) is 4.18. The maximum Gasteiger partial charge on any atom is 0.360 e. The number of anilines is 1. The first-order valence-electron chi connectivity index (χ1n) is 6.64. The van der Waals surface area contributed by atoms with Gasteiger partial charge in [0.25, 0.3) is 0 Å². The lowest BCUT2D eigenvalue weighted by atomic mass is 10.1. The van der Waals surface area contributed by atoms with Gasteiger partial charge in [-0.1, -0.05) is 20.8 Å². The Morgan fingerprint density at radius 1 is 1.33 bits per heavy atom. The maximum absolute atomic E-state index is 11.8. The quantitative estimate of drug-likeness (QED) is 0.791. The summed E-state index contributed by atoms with van der Waals surface area (Å²) in [7, 11) is 0. The number of nitrogen functional groups attached to an aromatic ring is 1. The molecule has 5 heteroatoms. The summed E-state index contributed by atoms with van der Waals surface area (Å²) in [6.07, 6.45) is 2.68. The van der Waals surface area contributed by atoms with E-state index in [0.717, 1.165) is 25.1 Å². The zero-order valence-corrected chi connectivity index (χ0v) is 11.7. The molecule has 1 heterocycles. The number of rotatable bonds is 6. The Labute approximate surface area is 108 Å². The van der Waals surface area contributed by atoms with Gasteiger partial charge < -0.3 is 15.0 Å². The molecule has 0 fully saturated rings. The molecular weight excluding hydrogens is 230 g/mol. The van der Waals surface area contributed by atoms with E-state index < -0.39 is 5.97 Å². The van der Waals surface area contributed by atoms with E-state index in [4.69, 9.17) is 10.5 Å². The molecule has 0 spiro atoms. The predicted molar refractivity (Wildman–Crippen MR) is 71.6 cm³/mol. The van der Waals surface area contributed by atoms with Gasteiger partial charge in [-0.3, -0.25) is 0 Å². The van der Waals surface area contributed by atoms with Gasteiger partial charge in [-0.2, -0.15) is 0 Å². The van der Waals surface area contributed by atoms with Crippen molar-refractivity contribution < 1.29 is 9.53 Å². The first-order chi connectivity index (χ1) is 8.60. The normalized spacial score (nSPS) is 10.9. The zero-order valence-electron chi connectivity index (χ0n) is 11.7. The van der Waals surface area contributed by atoms with Crippen LogP contribution in [0.15, 0.2) is 0 Å². The third-order valence-electron chi connectivity index (χ3n) is 3.11. The van der Waals surface area contributed by atoms with E-state index >= 15 is 0 Å². The number of aryl methyl sites for hydroxylation is 1. The van der Waals surface area contributed by atoms with E-state index in [1.807, 2.05) is 11.5 Å². The summed E-state index contributed by atoms with van der Waals surface area (Å²) in [6, 6.07) is 0.288. The van der Waals surface area contributed by atoms with Gasteiger partial charge in [0.1, 0.15) is 11.6 Å². The molecule has 0 atom stereocenters. The minimum atomic E-state index is -0.436. The lowest BCUT2D eigenvalue weighted by Crippen LogP contribution is -2.14. The Morgan fingerprint density at radius 3 is 2.39 bits per heavy atom. The lowest BCUT2D eigenvalue weighted by Gasteiger charge is -2.18. The van der Waals surface area contributed by atoms with Crippen LogP contribution >= 0.6 is 0 Å². The first kappa shape index (κ1) is 14.5. The van der Waals surface area contributed by atoms with E-state index in [2.05, 4.69) is 18.8 Å². The SMILES string of the molecule is CCOC(=O)c1nc(CC)n(C(CC)CC)c1N. The highest BCUT2D eigenvalue weighted by molar-refractivity contribution is 5.92. The Balaban J connectivity index is 3.21. The average molecular weight is 253 g/mol. The molecule has 0 bridgehead atoms. The van der Waals surface area contributed by atoms with Gasteiger partial charge in [-0.25, -0.2) is 9.78 Å². The number of hydrogen-bond acceptors (Lipinski definition) is 4. The highest BCUT2D eigenvalue weighted by Gasteiger charge is 2.23. The number of aromatic nitrogens is 2. The predicted octanol–water partition coefficient (Wildman–Crippen LogP) is 2.57. The van der Waals surface area contributed by atoms with Crippen molar-refractivity contribution in [1.82, 2.24) is 9.55 Å². The number of carbonyl (C=O) groups excluding carboxylic acids is 1. The van der Waals surface area contributed by atoms with Gasteiger partial charge in [0.2, 0.25) is 0 Å². The number of nitrogens with zero attached hydrogens (tertiary/aromatic N) is 2. The van der Waals surface area contributed by atoms with E-state index in [0.29, 0.717) is 12.4 Å². The molecule has 0 aliphatic heterocycles. The third-order valence-corrected chi connectivity index (χ3v) is 3.11. The van der Waals surface area contributed by atoms with Crippen molar-refractivity contribution in [2.75, 3.05) is 12.3 Å². The van der Waals surface area contributed by atoms with Gasteiger partial charge >= 0.3 is 5.97 Å².